The molecule has 0 bridgehead atoms. The van der Waals surface area contributed by atoms with Gasteiger partial charge in [0.2, 0.25) is 0 Å². The number of piperidine rings is 1. The first kappa shape index (κ1) is 19.6. The number of hydrogen-bond donors (Lipinski definition) is 0. The minimum absolute atomic E-state index is 0.0322. The number of benzene rings is 2. The van der Waals surface area contributed by atoms with E-state index in [0.717, 1.165) is 28.1 Å². The highest BCUT2D eigenvalue weighted by molar-refractivity contribution is 9.10. The number of hydrogen-bond acceptors (Lipinski definition) is 5. The molecule has 1 aliphatic rings. The number of rotatable bonds is 5. The minimum Gasteiger partial charge on any atom is -0.493 e. The molecule has 0 aliphatic carbocycles. The quantitative estimate of drug-likeness (QED) is 0.567. The van der Waals surface area contributed by atoms with Crippen LogP contribution in [0.2, 0.25) is 0 Å². The number of carbonyl (C=O) groups is 1. The Balaban J connectivity index is 1.58. The lowest BCUT2D eigenvalue weighted by Crippen LogP contribution is -2.44. The summed E-state index contributed by atoms with van der Waals surface area (Å²) in [5.74, 6) is 0.589. The summed E-state index contributed by atoms with van der Waals surface area (Å²) in [6.45, 7) is 3.61. The van der Waals surface area contributed by atoms with Gasteiger partial charge in [0.05, 0.1) is 23.2 Å². The van der Waals surface area contributed by atoms with Gasteiger partial charge in [0.15, 0.2) is 0 Å². The van der Waals surface area contributed by atoms with Gasteiger partial charge in [-0.25, -0.2) is 9.97 Å². The molecule has 0 N–H and O–H groups in total. The normalized spacial score (nSPS) is 16.6. The zero-order chi connectivity index (χ0) is 20.2. The van der Waals surface area contributed by atoms with E-state index in [0.29, 0.717) is 37.0 Å². The summed E-state index contributed by atoms with van der Waals surface area (Å²) < 4.78 is 12.5. The molecule has 1 aromatic heterocycles. The SMILES string of the molecule is CCOc1ccc2ccccc2c1C(=O)N1CCCC(Oc2ncc(Br)cn2)C1. The Labute approximate surface area is 178 Å². The molecule has 1 amide bonds. The van der Waals surface area contributed by atoms with Crippen LogP contribution in [-0.4, -0.2) is 46.6 Å². The van der Waals surface area contributed by atoms with Gasteiger partial charge in [-0.15, -0.1) is 0 Å². The molecule has 0 radical (unpaired) electrons. The molecule has 0 spiro atoms. The highest BCUT2D eigenvalue weighted by Crippen LogP contribution is 2.30. The van der Waals surface area contributed by atoms with E-state index in [-0.39, 0.29) is 12.0 Å². The predicted octanol–water partition coefficient (Wildman–Crippen LogP) is 4.47. The molecule has 7 heteroatoms. The average Bonchev–Trinajstić information content (AvgIpc) is 2.75. The van der Waals surface area contributed by atoms with Crippen molar-refractivity contribution in [1.29, 1.82) is 0 Å². The van der Waals surface area contributed by atoms with Gasteiger partial charge < -0.3 is 14.4 Å². The highest BCUT2D eigenvalue weighted by Gasteiger charge is 2.29. The van der Waals surface area contributed by atoms with E-state index < -0.39 is 0 Å². The number of ether oxygens (including phenoxy) is 2. The van der Waals surface area contributed by atoms with Crippen LogP contribution in [0.25, 0.3) is 10.8 Å². The average molecular weight is 456 g/mol. The van der Waals surface area contributed by atoms with E-state index in [1.54, 1.807) is 12.4 Å². The van der Waals surface area contributed by atoms with Gasteiger partial charge in [-0.2, -0.15) is 0 Å². The second-order valence-electron chi connectivity index (χ2n) is 6.91. The van der Waals surface area contributed by atoms with Crippen LogP contribution in [0.15, 0.2) is 53.3 Å². The largest absolute Gasteiger partial charge is 0.493 e. The Kier molecular flexibility index (Phi) is 5.94. The lowest BCUT2D eigenvalue weighted by Gasteiger charge is -2.33. The number of halogens is 1. The summed E-state index contributed by atoms with van der Waals surface area (Å²) in [4.78, 5) is 23.7. The minimum atomic E-state index is -0.139. The summed E-state index contributed by atoms with van der Waals surface area (Å²) in [5.41, 5.74) is 0.616. The van der Waals surface area contributed by atoms with E-state index in [9.17, 15) is 4.79 Å². The molecule has 1 aliphatic heterocycles. The first-order valence-corrected chi connectivity index (χ1v) is 10.5. The molecule has 1 saturated heterocycles. The van der Waals surface area contributed by atoms with Gasteiger partial charge in [-0.3, -0.25) is 4.79 Å². The number of carbonyl (C=O) groups excluding carboxylic acids is 1. The van der Waals surface area contributed by atoms with E-state index in [1.165, 1.54) is 0 Å². The van der Waals surface area contributed by atoms with Crippen LogP contribution >= 0.6 is 15.9 Å². The van der Waals surface area contributed by atoms with Crippen LogP contribution in [0, 0.1) is 0 Å². The van der Waals surface area contributed by atoms with Gasteiger partial charge in [0.1, 0.15) is 11.9 Å². The Morgan fingerprint density at radius 1 is 1.21 bits per heavy atom. The molecule has 3 aromatic rings. The predicted molar refractivity (Wildman–Crippen MR) is 114 cm³/mol. The van der Waals surface area contributed by atoms with Gasteiger partial charge in [0.25, 0.3) is 5.91 Å². The molecule has 29 heavy (non-hydrogen) atoms. The van der Waals surface area contributed by atoms with Crippen molar-refractivity contribution >= 4 is 32.6 Å². The zero-order valence-electron chi connectivity index (χ0n) is 16.2. The number of amides is 1. The molecule has 1 atom stereocenters. The molecule has 4 rings (SSSR count). The van der Waals surface area contributed by atoms with E-state index in [2.05, 4.69) is 25.9 Å². The molecule has 0 saturated carbocycles. The number of fused-ring (bicyclic) bond motifs is 1. The molecular weight excluding hydrogens is 434 g/mol. The number of likely N-dealkylation sites (tertiary alicyclic amines) is 1. The lowest BCUT2D eigenvalue weighted by atomic mass is 10.0. The van der Waals surface area contributed by atoms with Crippen molar-refractivity contribution in [1.82, 2.24) is 14.9 Å². The molecule has 1 unspecified atom stereocenters. The summed E-state index contributed by atoms with van der Waals surface area (Å²) in [7, 11) is 0. The van der Waals surface area contributed by atoms with Gasteiger partial charge >= 0.3 is 6.01 Å². The molecular formula is C22H22BrN3O3. The third-order valence-electron chi connectivity index (χ3n) is 4.94. The third-order valence-corrected chi connectivity index (χ3v) is 5.35. The molecule has 6 nitrogen and oxygen atoms in total. The first-order chi connectivity index (χ1) is 14.2. The standard InChI is InChI=1S/C22H22BrN3O3/c1-2-28-19-10-9-15-6-3-4-8-18(15)20(19)21(27)26-11-5-7-17(14-26)29-22-24-12-16(23)13-25-22/h3-4,6,8-10,12-13,17H,2,5,7,11,14H2,1H3. The van der Waals surface area contributed by atoms with Crippen molar-refractivity contribution in [2.75, 3.05) is 19.7 Å². The molecule has 2 heterocycles. The summed E-state index contributed by atoms with van der Waals surface area (Å²) >= 11 is 3.32. The first-order valence-electron chi connectivity index (χ1n) is 9.73. The molecule has 150 valence electrons. The second kappa shape index (κ2) is 8.78. The van der Waals surface area contributed by atoms with Gasteiger partial charge in [-0.05, 0) is 52.5 Å². The third kappa shape index (κ3) is 4.34. The van der Waals surface area contributed by atoms with Crippen LogP contribution in [0.5, 0.6) is 11.8 Å². The van der Waals surface area contributed by atoms with E-state index >= 15 is 0 Å². The Morgan fingerprint density at radius 3 is 2.79 bits per heavy atom. The van der Waals surface area contributed by atoms with Gasteiger partial charge in [-0.1, -0.05) is 30.3 Å². The molecule has 1 fully saturated rings. The zero-order valence-corrected chi connectivity index (χ0v) is 17.8. The van der Waals surface area contributed by atoms with Crippen molar-refractivity contribution in [2.45, 2.75) is 25.9 Å². The van der Waals surface area contributed by atoms with E-state index in [4.69, 9.17) is 9.47 Å². The number of nitrogens with zero attached hydrogens (tertiary/aromatic N) is 3. The van der Waals surface area contributed by atoms with Crippen molar-refractivity contribution in [3.8, 4) is 11.8 Å². The van der Waals surface area contributed by atoms with Crippen LogP contribution in [0.1, 0.15) is 30.1 Å². The Hall–Kier alpha value is -2.67. The van der Waals surface area contributed by atoms with Crippen molar-refractivity contribution in [2.24, 2.45) is 0 Å². The maximum absolute atomic E-state index is 13.5. The second-order valence-corrected chi connectivity index (χ2v) is 7.83. The monoisotopic (exact) mass is 455 g/mol. The lowest BCUT2D eigenvalue weighted by molar-refractivity contribution is 0.0514. The maximum atomic E-state index is 13.5. The Bertz CT molecular complexity index is 1010. The topological polar surface area (TPSA) is 64.5 Å². The van der Waals surface area contributed by atoms with Crippen molar-refractivity contribution < 1.29 is 14.3 Å². The maximum Gasteiger partial charge on any atom is 0.316 e. The van der Waals surface area contributed by atoms with Crippen LogP contribution < -0.4 is 9.47 Å². The fraction of sp³-hybridized carbons (Fsp3) is 0.318. The van der Waals surface area contributed by atoms with Crippen LogP contribution in [-0.2, 0) is 0 Å². The smallest absolute Gasteiger partial charge is 0.316 e. The molecule has 2 aromatic carbocycles. The van der Waals surface area contributed by atoms with Crippen molar-refractivity contribution in [3.63, 3.8) is 0 Å². The summed E-state index contributed by atoms with van der Waals surface area (Å²) in [6, 6.07) is 12.1. The fourth-order valence-electron chi connectivity index (χ4n) is 3.64. The van der Waals surface area contributed by atoms with E-state index in [1.807, 2.05) is 48.2 Å². The fourth-order valence-corrected chi connectivity index (χ4v) is 3.84. The van der Waals surface area contributed by atoms with Crippen LogP contribution in [0.4, 0.5) is 0 Å². The highest BCUT2D eigenvalue weighted by atomic mass is 79.9. The van der Waals surface area contributed by atoms with Gasteiger partial charge in [0, 0.05) is 18.9 Å². The van der Waals surface area contributed by atoms with Crippen molar-refractivity contribution in [3.05, 3.63) is 58.8 Å². The Morgan fingerprint density at radius 2 is 2.00 bits per heavy atom. The number of aromatic nitrogens is 2. The summed E-state index contributed by atoms with van der Waals surface area (Å²) in [6.07, 6.45) is 4.88. The van der Waals surface area contributed by atoms with Crippen LogP contribution in [0.3, 0.4) is 0 Å². The summed E-state index contributed by atoms with van der Waals surface area (Å²) in [5, 5.41) is 1.93.